The van der Waals surface area contributed by atoms with E-state index in [0.717, 1.165) is 22.3 Å². The first kappa shape index (κ1) is 24.4. The number of fused-ring (bicyclic) bond motifs is 3. The summed E-state index contributed by atoms with van der Waals surface area (Å²) < 4.78 is 5.54. The monoisotopic (exact) mass is 493 g/mol. The SMILES string of the molecule is CCN(C(=O)c1cnc(CNC(=O)OCC2c3ccccc3-c3ccccc32)s1)C(C)CC(=O)O. The Hall–Kier alpha value is -3.72. The van der Waals surface area contributed by atoms with Crippen molar-refractivity contribution in [2.45, 2.75) is 38.8 Å². The lowest BCUT2D eigenvalue weighted by Gasteiger charge is -2.26. The number of alkyl carbamates (subject to hydrolysis) is 1. The molecular formula is C26H27N3O5S. The minimum absolute atomic E-state index is 0.0231. The Morgan fingerprint density at radius 2 is 1.74 bits per heavy atom. The summed E-state index contributed by atoms with van der Waals surface area (Å²) >= 11 is 1.17. The van der Waals surface area contributed by atoms with E-state index >= 15 is 0 Å². The van der Waals surface area contributed by atoms with Crippen LogP contribution < -0.4 is 5.32 Å². The number of hydrogen-bond acceptors (Lipinski definition) is 6. The standard InChI is InChI=1S/C26H27N3O5S/c1-3-29(16(2)12-24(30)31)25(32)22-13-27-23(35-22)14-28-26(33)34-15-21-19-10-6-4-8-17(19)18-9-5-7-11-20(18)21/h4-11,13,16,21H,3,12,14-15H2,1-2H3,(H,28,33)(H,30,31). The first-order chi connectivity index (χ1) is 16.9. The number of aromatic nitrogens is 1. The van der Waals surface area contributed by atoms with Gasteiger partial charge in [0.2, 0.25) is 0 Å². The van der Waals surface area contributed by atoms with Crippen LogP contribution >= 0.6 is 11.3 Å². The lowest BCUT2D eigenvalue weighted by atomic mass is 9.98. The van der Waals surface area contributed by atoms with Crippen molar-refractivity contribution in [2.24, 2.45) is 0 Å². The molecule has 0 fully saturated rings. The number of nitrogens with zero attached hydrogens (tertiary/aromatic N) is 2. The number of hydrogen-bond donors (Lipinski definition) is 2. The van der Waals surface area contributed by atoms with Crippen LogP contribution in [0.15, 0.2) is 54.7 Å². The van der Waals surface area contributed by atoms with Gasteiger partial charge in [0.15, 0.2) is 0 Å². The van der Waals surface area contributed by atoms with E-state index in [1.165, 1.54) is 22.4 Å². The minimum Gasteiger partial charge on any atom is -0.481 e. The summed E-state index contributed by atoms with van der Waals surface area (Å²) in [5.74, 6) is -1.25. The first-order valence-electron chi connectivity index (χ1n) is 11.4. The fraction of sp³-hybridized carbons (Fsp3) is 0.308. The highest BCUT2D eigenvalue weighted by molar-refractivity contribution is 7.13. The number of ether oxygens (including phenoxy) is 1. The maximum Gasteiger partial charge on any atom is 0.407 e. The summed E-state index contributed by atoms with van der Waals surface area (Å²) in [5, 5.41) is 12.3. The van der Waals surface area contributed by atoms with Gasteiger partial charge in [0.1, 0.15) is 16.5 Å². The Bertz CT molecular complexity index is 1200. The molecule has 0 radical (unpaired) electrons. The van der Waals surface area contributed by atoms with Crippen LogP contribution in [-0.2, 0) is 16.1 Å². The van der Waals surface area contributed by atoms with Gasteiger partial charge in [0, 0.05) is 18.5 Å². The summed E-state index contributed by atoms with van der Waals surface area (Å²) in [4.78, 5) is 42.3. The van der Waals surface area contributed by atoms with Crippen LogP contribution in [0.2, 0.25) is 0 Å². The maximum atomic E-state index is 12.8. The minimum atomic E-state index is -0.957. The molecule has 8 nitrogen and oxygen atoms in total. The number of aliphatic carboxylic acids is 1. The third kappa shape index (κ3) is 5.35. The largest absolute Gasteiger partial charge is 0.481 e. The molecule has 2 aromatic carbocycles. The van der Waals surface area contributed by atoms with Crippen molar-refractivity contribution in [3.63, 3.8) is 0 Å². The highest BCUT2D eigenvalue weighted by Gasteiger charge is 2.29. The van der Waals surface area contributed by atoms with E-state index < -0.39 is 18.1 Å². The van der Waals surface area contributed by atoms with E-state index in [-0.39, 0.29) is 31.4 Å². The predicted octanol–water partition coefficient (Wildman–Crippen LogP) is 4.51. The molecule has 0 spiro atoms. The van der Waals surface area contributed by atoms with Gasteiger partial charge in [0.25, 0.3) is 5.91 Å². The van der Waals surface area contributed by atoms with Gasteiger partial charge in [-0.3, -0.25) is 9.59 Å². The number of carboxylic acid groups (broad SMARTS) is 1. The van der Waals surface area contributed by atoms with Gasteiger partial charge in [-0.1, -0.05) is 48.5 Å². The van der Waals surface area contributed by atoms with Gasteiger partial charge in [-0.15, -0.1) is 11.3 Å². The fourth-order valence-electron chi connectivity index (χ4n) is 4.45. The zero-order chi connectivity index (χ0) is 24.9. The molecule has 4 rings (SSSR count). The zero-order valence-corrected chi connectivity index (χ0v) is 20.4. The Balaban J connectivity index is 1.32. The van der Waals surface area contributed by atoms with Crippen molar-refractivity contribution in [2.75, 3.05) is 13.2 Å². The molecule has 9 heteroatoms. The van der Waals surface area contributed by atoms with E-state index in [1.54, 1.807) is 13.8 Å². The quantitative estimate of drug-likeness (QED) is 0.454. The topological polar surface area (TPSA) is 109 Å². The Kier molecular flexibility index (Phi) is 7.45. The van der Waals surface area contributed by atoms with Crippen molar-refractivity contribution >= 4 is 29.3 Å². The number of carbonyl (C=O) groups is 3. The molecule has 0 saturated heterocycles. The second-order valence-electron chi connectivity index (χ2n) is 8.34. The number of benzene rings is 2. The van der Waals surface area contributed by atoms with Crippen LogP contribution in [-0.4, -0.2) is 52.2 Å². The highest BCUT2D eigenvalue weighted by atomic mass is 32.1. The molecule has 182 valence electrons. The van der Waals surface area contributed by atoms with E-state index in [9.17, 15) is 14.4 Å². The average Bonchev–Trinajstić information content (AvgIpc) is 3.44. The van der Waals surface area contributed by atoms with Crippen LogP contribution in [0.25, 0.3) is 11.1 Å². The van der Waals surface area contributed by atoms with E-state index in [1.807, 2.05) is 24.3 Å². The molecule has 2 N–H and O–H groups in total. The van der Waals surface area contributed by atoms with E-state index in [2.05, 4.69) is 34.6 Å². The van der Waals surface area contributed by atoms with Crippen LogP contribution in [0.5, 0.6) is 0 Å². The number of nitrogens with one attached hydrogen (secondary N) is 1. The molecule has 1 aliphatic rings. The summed E-state index contributed by atoms with van der Waals surface area (Å²) in [6, 6.07) is 15.8. The number of amides is 2. The average molecular weight is 494 g/mol. The van der Waals surface area contributed by atoms with E-state index in [0.29, 0.717) is 16.4 Å². The van der Waals surface area contributed by atoms with Crippen molar-refractivity contribution in [3.05, 3.63) is 75.7 Å². The highest BCUT2D eigenvalue weighted by Crippen LogP contribution is 2.44. The van der Waals surface area contributed by atoms with Gasteiger partial charge >= 0.3 is 12.1 Å². The van der Waals surface area contributed by atoms with Crippen LogP contribution in [0.1, 0.15) is 52.0 Å². The van der Waals surface area contributed by atoms with E-state index in [4.69, 9.17) is 9.84 Å². The molecule has 0 aliphatic heterocycles. The third-order valence-electron chi connectivity index (χ3n) is 6.10. The molecule has 35 heavy (non-hydrogen) atoms. The lowest BCUT2D eigenvalue weighted by molar-refractivity contribution is -0.138. The van der Waals surface area contributed by atoms with Gasteiger partial charge in [0.05, 0.1) is 19.2 Å². The second-order valence-corrected chi connectivity index (χ2v) is 9.45. The van der Waals surface area contributed by atoms with Crippen LogP contribution in [0.4, 0.5) is 4.79 Å². The van der Waals surface area contributed by atoms with Crippen molar-refractivity contribution in [1.29, 1.82) is 0 Å². The van der Waals surface area contributed by atoms with Gasteiger partial charge in [-0.25, -0.2) is 9.78 Å². The van der Waals surface area contributed by atoms with Gasteiger partial charge in [-0.05, 0) is 36.1 Å². The fourth-order valence-corrected chi connectivity index (χ4v) is 5.26. The predicted molar refractivity (Wildman–Crippen MR) is 132 cm³/mol. The van der Waals surface area contributed by atoms with Crippen LogP contribution in [0, 0.1) is 0 Å². The molecule has 1 aromatic heterocycles. The number of thiazole rings is 1. The van der Waals surface area contributed by atoms with Gasteiger partial charge < -0.3 is 20.1 Å². The van der Waals surface area contributed by atoms with Crippen LogP contribution in [0.3, 0.4) is 0 Å². The molecule has 1 unspecified atom stereocenters. The Morgan fingerprint density at radius 3 is 2.34 bits per heavy atom. The smallest absolute Gasteiger partial charge is 0.407 e. The summed E-state index contributed by atoms with van der Waals surface area (Å²) in [6.45, 7) is 4.24. The number of carbonyl (C=O) groups excluding carboxylic acids is 2. The Labute approximate surface area is 207 Å². The molecule has 3 aromatic rings. The van der Waals surface area contributed by atoms with Crippen molar-refractivity contribution in [3.8, 4) is 11.1 Å². The first-order valence-corrected chi connectivity index (χ1v) is 12.3. The molecule has 1 heterocycles. The molecule has 2 amide bonds. The van der Waals surface area contributed by atoms with Gasteiger partial charge in [-0.2, -0.15) is 0 Å². The van der Waals surface area contributed by atoms with Crippen molar-refractivity contribution in [1.82, 2.24) is 15.2 Å². The van der Waals surface area contributed by atoms with Crippen molar-refractivity contribution < 1.29 is 24.2 Å². The lowest BCUT2D eigenvalue weighted by Crippen LogP contribution is -2.39. The molecule has 1 aliphatic carbocycles. The maximum absolute atomic E-state index is 12.8. The number of rotatable bonds is 9. The third-order valence-corrected chi connectivity index (χ3v) is 7.08. The normalized spacial score (nSPS) is 13.0. The Morgan fingerprint density at radius 1 is 1.11 bits per heavy atom. The molecule has 0 bridgehead atoms. The molecule has 0 saturated carbocycles. The molecule has 1 atom stereocenters. The second kappa shape index (κ2) is 10.7. The number of carboxylic acids is 1. The molecular weight excluding hydrogens is 466 g/mol. The zero-order valence-electron chi connectivity index (χ0n) is 19.6. The summed E-state index contributed by atoms with van der Waals surface area (Å²) in [6.07, 6.45) is 0.770. The summed E-state index contributed by atoms with van der Waals surface area (Å²) in [5.41, 5.74) is 4.61. The summed E-state index contributed by atoms with van der Waals surface area (Å²) in [7, 11) is 0.